The maximum Gasteiger partial charge on any atom is 0.264 e. The molecule has 6 heteroatoms. The Labute approximate surface area is 79.2 Å². The Morgan fingerprint density at radius 1 is 1.31 bits per heavy atom. The zero-order valence-corrected chi connectivity index (χ0v) is 8.64. The van der Waals surface area contributed by atoms with E-state index in [4.69, 9.17) is 9.29 Å². The van der Waals surface area contributed by atoms with Gasteiger partial charge in [-0.3, -0.25) is 4.55 Å². The van der Waals surface area contributed by atoms with E-state index in [1.807, 2.05) is 0 Å². The van der Waals surface area contributed by atoms with Gasteiger partial charge in [0.05, 0.1) is 5.75 Å². The van der Waals surface area contributed by atoms with Gasteiger partial charge in [0.1, 0.15) is 0 Å². The molecule has 0 aromatic carbocycles. The molecule has 0 heterocycles. The first-order valence-electron chi connectivity index (χ1n) is 4.21. The third kappa shape index (κ3) is 11.8. The fourth-order valence-corrected chi connectivity index (χ4v) is 1.36. The zero-order valence-electron chi connectivity index (χ0n) is 7.82. The molecule has 0 saturated heterocycles. The van der Waals surface area contributed by atoms with Crippen LogP contribution in [0.25, 0.3) is 0 Å². The van der Waals surface area contributed by atoms with Crippen LogP contribution in [0.1, 0.15) is 12.8 Å². The van der Waals surface area contributed by atoms with Gasteiger partial charge in [-0.25, -0.2) is 0 Å². The maximum atomic E-state index is 10.3. The summed E-state index contributed by atoms with van der Waals surface area (Å²) >= 11 is 0. The average molecular weight is 211 g/mol. The quantitative estimate of drug-likeness (QED) is 0.433. The lowest BCUT2D eigenvalue weighted by atomic mass is 10.4. The molecule has 5 nitrogen and oxygen atoms in total. The summed E-state index contributed by atoms with van der Waals surface area (Å²) in [7, 11) is -2.15. The zero-order chi connectivity index (χ0) is 10.2. The van der Waals surface area contributed by atoms with E-state index < -0.39 is 10.1 Å². The molecule has 0 rings (SSSR count). The molecule has 2 N–H and O–H groups in total. The predicted molar refractivity (Wildman–Crippen MR) is 50.4 cm³/mol. The van der Waals surface area contributed by atoms with Gasteiger partial charge in [0.25, 0.3) is 10.1 Å². The Morgan fingerprint density at radius 3 is 2.46 bits per heavy atom. The van der Waals surface area contributed by atoms with E-state index in [9.17, 15) is 8.42 Å². The fourth-order valence-electron chi connectivity index (χ4n) is 0.846. The normalized spacial score (nSPS) is 11.8. The van der Waals surface area contributed by atoms with Crippen LogP contribution in [0.2, 0.25) is 0 Å². The van der Waals surface area contributed by atoms with E-state index in [1.165, 1.54) is 0 Å². The summed E-state index contributed by atoms with van der Waals surface area (Å²) < 4.78 is 33.8. The first-order chi connectivity index (χ1) is 6.06. The standard InChI is InChI=1S/C7H17NO4S/c1-12-6-2-4-8-5-3-7-13(9,10)11/h8H,2-7H2,1H3,(H,9,10,11). The largest absolute Gasteiger partial charge is 0.385 e. The van der Waals surface area contributed by atoms with E-state index in [1.54, 1.807) is 7.11 Å². The topological polar surface area (TPSA) is 75.6 Å². The van der Waals surface area contributed by atoms with Gasteiger partial charge in [-0.15, -0.1) is 0 Å². The van der Waals surface area contributed by atoms with Gasteiger partial charge >= 0.3 is 0 Å². The molecule has 0 aromatic heterocycles. The number of methoxy groups -OCH3 is 1. The molecular weight excluding hydrogens is 194 g/mol. The van der Waals surface area contributed by atoms with Gasteiger partial charge in [0, 0.05) is 13.7 Å². The fraction of sp³-hybridized carbons (Fsp3) is 1.00. The highest BCUT2D eigenvalue weighted by Crippen LogP contribution is 1.86. The SMILES string of the molecule is COCCCNCCCS(=O)(=O)O. The Balaban J connectivity index is 3.09. The second-order valence-corrected chi connectivity index (χ2v) is 4.31. The first kappa shape index (κ1) is 12.8. The molecule has 0 atom stereocenters. The van der Waals surface area contributed by atoms with E-state index in [0.29, 0.717) is 19.6 Å². The molecule has 80 valence electrons. The predicted octanol–water partition coefficient (Wildman–Crippen LogP) is -0.110. The molecule has 0 aliphatic heterocycles. The second kappa shape index (κ2) is 7.25. The summed E-state index contributed by atoms with van der Waals surface area (Å²) in [6, 6.07) is 0. The van der Waals surface area contributed by atoms with Crippen molar-refractivity contribution in [1.82, 2.24) is 5.32 Å². The summed E-state index contributed by atoms with van der Waals surface area (Å²) in [4.78, 5) is 0. The third-order valence-electron chi connectivity index (χ3n) is 1.46. The molecule has 0 saturated carbocycles. The summed E-state index contributed by atoms with van der Waals surface area (Å²) in [6.45, 7) is 2.11. The van der Waals surface area contributed by atoms with Crippen molar-refractivity contribution < 1.29 is 17.7 Å². The maximum absolute atomic E-state index is 10.3. The summed E-state index contributed by atoms with van der Waals surface area (Å²) in [5, 5.41) is 3.04. The van der Waals surface area contributed by atoms with Crippen molar-refractivity contribution >= 4 is 10.1 Å². The minimum Gasteiger partial charge on any atom is -0.385 e. The molecular formula is C7H17NO4S. The highest BCUT2D eigenvalue weighted by atomic mass is 32.2. The van der Waals surface area contributed by atoms with E-state index in [0.717, 1.165) is 13.0 Å². The molecule has 0 aliphatic rings. The molecule has 0 bridgehead atoms. The lowest BCUT2D eigenvalue weighted by Gasteiger charge is -2.02. The monoisotopic (exact) mass is 211 g/mol. The summed E-state index contributed by atoms with van der Waals surface area (Å²) in [5.41, 5.74) is 0. The molecule has 0 aliphatic carbocycles. The minimum absolute atomic E-state index is 0.176. The van der Waals surface area contributed by atoms with E-state index in [-0.39, 0.29) is 5.75 Å². The van der Waals surface area contributed by atoms with Gasteiger partial charge in [-0.1, -0.05) is 0 Å². The Hall–Kier alpha value is -0.170. The van der Waals surface area contributed by atoms with E-state index in [2.05, 4.69) is 5.32 Å². The van der Waals surface area contributed by atoms with Crippen LogP contribution in [0.4, 0.5) is 0 Å². The Kier molecular flexibility index (Phi) is 7.16. The van der Waals surface area contributed by atoms with Crippen LogP contribution in [-0.4, -0.2) is 45.5 Å². The van der Waals surface area contributed by atoms with Crippen LogP contribution < -0.4 is 5.32 Å². The van der Waals surface area contributed by atoms with Crippen molar-refractivity contribution in [1.29, 1.82) is 0 Å². The average Bonchev–Trinajstić information content (AvgIpc) is 2.01. The first-order valence-corrected chi connectivity index (χ1v) is 5.82. The van der Waals surface area contributed by atoms with Gasteiger partial charge in [-0.05, 0) is 25.9 Å². The molecule has 0 aromatic rings. The van der Waals surface area contributed by atoms with Crippen LogP contribution in [0, 0.1) is 0 Å². The van der Waals surface area contributed by atoms with Crippen LogP contribution in [-0.2, 0) is 14.9 Å². The number of hydrogen-bond acceptors (Lipinski definition) is 4. The van der Waals surface area contributed by atoms with Gasteiger partial charge < -0.3 is 10.1 Å². The van der Waals surface area contributed by atoms with Gasteiger partial charge in [0.2, 0.25) is 0 Å². The molecule has 0 amide bonds. The van der Waals surface area contributed by atoms with Crippen LogP contribution in [0.3, 0.4) is 0 Å². The van der Waals surface area contributed by atoms with Crippen molar-refractivity contribution in [2.45, 2.75) is 12.8 Å². The van der Waals surface area contributed by atoms with Crippen molar-refractivity contribution in [3.05, 3.63) is 0 Å². The summed E-state index contributed by atoms with van der Waals surface area (Å²) in [5.74, 6) is -0.176. The number of ether oxygens (including phenoxy) is 1. The second-order valence-electron chi connectivity index (χ2n) is 2.74. The number of rotatable bonds is 8. The van der Waals surface area contributed by atoms with Crippen LogP contribution >= 0.6 is 0 Å². The highest BCUT2D eigenvalue weighted by Gasteiger charge is 2.02. The lowest BCUT2D eigenvalue weighted by Crippen LogP contribution is -2.20. The van der Waals surface area contributed by atoms with Gasteiger partial charge in [-0.2, -0.15) is 8.42 Å². The number of hydrogen-bond donors (Lipinski definition) is 2. The highest BCUT2D eigenvalue weighted by molar-refractivity contribution is 7.85. The van der Waals surface area contributed by atoms with Crippen molar-refractivity contribution in [3.8, 4) is 0 Å². The molecule has 0 radical (unpaired) electrons. The van der Waals surface area contributed by atoms with E-state index >= 15 is 0 Å². The molecule has 0 unspecified atom stereocenters. The molecule has 0 fully saturated rings. The van der Waals surface area contributed by atoms with Crippen LogP contribution in [0.5, 0.6) is 0 Å². The van der Waals surface area contributed by atoms with Crippen molar-refractivity contribution in [2.24, 2.45) is 0 Å². The van der Waals surface area contributed by atoms with Crippen molar-refractivity contribution in [3.63, 3.8) is 0 Å². The Morgan fingerprint density at radius 2 is 1.92 bits per heavy atom. The van der Waals surface area contributed by atoms with Crippen molar-refractivity contribution in [2.75, 3.05) is 32.6 Å². The van der Waals surface area contributed by atoms with Crippen LogP contribution in [0.15, 0.2) is 0 Å². The number of nitrogens with one attached hydrogen (secondary N) is 1. The molecule has 0 spiro atoms. The lowest BCUT2D eigenvalue weighted by molar-refractivity contribution is 0.194. The smallest absolute Gasteiger partial charge is 0.264 e. The molecule has 13 heavy (non-hydrogen) atoms. The van der Waals surface area contributed by atoms with Gasteiger partial charge in [0.15, 0.2) is 0 Å². The minimum atomic E-state index is -3.79. The summed E-state index contributed by atoms with van der Waals surface area (Å²) in [6.07, 6.45) is 1.34. The third-order valence-corrected chi connectivity index (χ3v) is 2.26. The Bertz CT molecular complexity index is 203.